The van der Waals surface area contributed by atoms with Gasteiger partial charge in [-0.1, -0.05) is 31.6 Å². The maximum Gasteiger partial charge on any atom is 0.477 e. The molecule has 0 radical (unpaired) electrons. The summed E-state index contributed by atoms with van der Waals surface area (Å²) in [6, 6.07) is 0. The van der Waals surface area contributed by atoms with Crippen LogP contribution in [0.4, 0.5) is 0 Å². The van der Waals surface area contributed by atoms with Crippen LogP contribution in [0.25, 0.3) is 0 Å². The average molecular weight is 297 g/mol. The molecule has 7 nitrogen and oxygen atoms in total. The molecule has 0 aliphatic rings. The molecule has 0 aromatic rings. The van der Waals surface area contributed by atoms with Crippen LogP contribution >= 0.6 is 37.4 Å². The minimum Gasteiger partial charge on any atom is -0.318 e. The summed E-state index contributed by atoms with van der Waals surface area (Å²) < 4.78 is 18.4. The van der Waals surface area contributed by atoms with E-state index in [-0.39, 0.29) is 4.75 Å². The van der Waals surface area contributed by atoms with E-state index in [1.54, 1.807) is 0 Å². The quantitative estimate of drug-likeness (QED) is 0.347. The fraction of sp³-hybridized carbons (Fsp3) is 1.00. The van der Waals surface area contributed by atoms with E-state index in [2.05, 4.69) is 8.28 Å². The number of phosphoric acid groups is 1. The van der Waals surface area contributed by atoms with Gasteiger partial charge in [-0.15, -0.1) is 0 Å². The lowest BCUT2D eigenvalue weighted by molar-refractivity contribution is 0.261. The zero-order valence-electron chi connectivity index (χ0n) is 8.28. The van der Waals surface area contributed by atoms with E-state index < -0.39 is 15.6 Å². The first kappa shape index (κ1) is 16.0. The maximum atomic E-state index is 10.3. The Bertz CT molecular complexity index is 298. The largest absolute Gasteiger partial charge is 0.477 e. The zero-order chi connectivity index (χ0) is 12.3. The smallest absolute Gasteiger partial charge is 0.318 e. The first-order chi connectivity index (χ1) is 6.41. The van der Waals surface area contributed by atoms with Crippen molar-refractivity contribution in [1.29, 1.82) is 5.16 Å². The molecular formula is C4H13NO6P2S2. The monoisotopic (exact) mass is 297 g/mol. The lowest BCUT2D eigenvalue weighted by Crippen LogP contribution is -2.04. The Labute approximate surface area is 95.9 Å². The van der Waals surface area contributed by atoms with Gasteiger partial charge >= 0.3 is 15.6 Å². The first-order valence-electron chi connectivity index (χ1n) is 3.59. The fourth-order valence-electron chi connectivity index (χ4n) is 0.316. The highest BCUT2D eigenvalue weighted by Crippen LogP contribution is 2.61. The Balaban J connectivity index is 4.07. The van der Waals surface area contributed by atoms with Gasteiger partial charge in [0.2, 0.25) is 0 Å². The van der Waals surface area contributed by atoms with Gasteiger partial charge in [-0.3, -0.25) is 0 Å². The minimum atomic E-state index is -4.90. The molecule has 0 bridgehead atoms. The first-order valence-corrected chi connectivity index (χ1v) is 8.77. The van der Waals surface area contributed by atoms with Gasteiger partial charge in [-0.05, 0) is 0 Å². The molecule has 11 heteroatoms. The third-order valence-corrected chi connectivity index (χ3v) is 6.24. The number of nitrogens with one attached hydrogen (secondary N) is 1. The summed E-state index contributed by atoms with van der Waals surface area (Å²) >= 11 is 0.668. The second-order valence-corrected chi connectivity index (χ2v) is 9.14. The summed E-state index contributed by atoms with van der Waals surface area (Å²) in [5, 5.41) is 6.99. The second-order valence-electron chi connectivity index (χ2n) is 3.43. The molecule has 0 aromatic carbocycles. The van der Waals surface area contributed by atoms with Crippen molar-refractivity contribution in [1.82, 2.24) is 0 Å². The molecule has 0 saturated carbocycles. The molecule has 15 heavy (non-hydrogen) atoms. The van der Waals surface area contributed by atoms with E-state index in [9.17, 15) is 4.57 Å². The van der Waals surface area contributed by atoms with Crippen molar-refractivity contribution in [3.8, 4) is 0 Å². The average Bonchev–Trinajstić information content (AvgIpc) is 1.75. The van der Waals surface area contributed by atoms with Crippen molar-refractivity contribution in [3.63, 3.8) is 0 Å². The molecule has 0 rings (SSSR count). The maximum absolute atomic E-state index is 10.3. The molecule has 92 valence electrons. The van der Waals surface area contributed by atoms with Crippen molar-refractivity contribution in [2.75, 3.05) is 0 Å². The van der Waals surface area contributed by atoms with Crippen LogP contribution in [0.3, 0.4) is 0 Å². The molecule has 1 unspecified atom stereocenters. The normalized spacial score (nSPS) is 17.5. The molecule has 0 aromatic heterocycles. The van der Waals surface area contributed by atoms with Crippen LogP contribution in [0.1, 0.15) is 20.8 Å². The highest BCUT2D eigenvalue weighted by Gasteiger charge is 2.29. The summed E-state index contributed by atoms with van der Waals surface area (Å²) in [6.07, 6.45) is 0. The lowest BCUT2D eigenvalue weighted by Gasteiger charge is -2.18. The van der Waals surface area contributed by atoms with Crippen LogP contribution in [-0.4, -0.2) is 19.4 Å². The van der Waals surface area contributed by atoms with Crippen molar-refractivity contribution in [2.24, 2.45) is 0 Å². The van der Waals surface area contributed by atoms with Crippen LogP contribution in [0.2, 0.25) is 0 Å². The summed E-state index contributed by atoms with van der Waals surface area (Å²) in [5.74, 6) is 0. The van der Waals surface area contributed by atoms with Crippen LogP contribution in [0.15, 0.2) is 0 Å². The molecule has 0 amide bonds. The summed E-state index contributed by atoms with van der Waals surface area (Å²) in [5.41, 5.74) is 0. The zero-order valence-corrected chi connectivity index (χ0v) is 11.7. The van der Waals surface area contributed by atoms with Gasteiger partial charge in [-0.25, -0.2) is 18.0 Å². The Hall–Kier alpha value is 0.960. The van der Waals surface area contributed by atoms with Crippen LogP contribution < -0.4 is 0 Å². The van der Waals surface area contributed by atoms with Crippen LogP contribution in [-0.2, 0) is 12.8 Å². The minimum absolute atomic E-state index is 0.174. The Morgan fingerprint density at radius 2 is 1.73 bits per heavy atom. The van der Waals surface area contributed by atoms with E-state index in [1.165, 1.54) is 10.8 Å². The van der Waals surface area contributed by atoms with Crippen molar-refractivity contribution in [3.05, 3.63) is 0 Å². The van der Waals surface area contributed by atoms with Crippen molar-refractivity contribution >= 4 is 37.4 Å². The second kappa shape index (κ2) is 5.53. The fourth-order valence-corrected chi connectivity index (χ4v) is 4.11. The number of hydrogen-bond acceptors (Lipinski definition) is 6. The van der Waals surface area contributed by atoms with Gasteiger partial charge in [0.05, 0.1) is 11.1 Å². The van der Waals surface area contributed by atoms with Gasteiger partial charge in [0.25, 0.3) is 0 Å². The molecule has 0 spiro atoms. The molecule has 1 atom stereocenters. The molecule has 0 heterocycles. The van der Waals surface area contributed by atoms with Gasteiger partial charge < -0.3 is 14.7 Å². The topological polar surface area (TPSA) is 120 Å². The summed E-state index contributed by atoms with van der Waals surface area (Å²) in [6.45, 7) is 5.62. The van der Waals surface area contributed by atoms with E-state index in [4.69, 9.17) is 19.8 Å². The lowest BCUT2D eigenvalue weighted by atomic mass is 10.3. The Kier molecular flexibility index (Phi) is 5.88. The molecule has 0 aliphatic heterocycles. The molecule has 0 saturated heterocycles. The van der Waals surface area contributed by atoms with Crippen LogP contribution in [0, 0.1) is 5.16 Å². The summed E-state index contributed by atoms with van der Waals surface area (Å²) in [7, 11) is -7.93. The third-order valence-electron chi connectivity index (χ3n) is 0.633. The van der Waals surface area contributed by atoms with Crippen LogP contribution in [0.5, 0.6) is 0 Å². The number of hydrogen-bond donors (Lipinski definition) is 4. The Morgan fingerprint density at radius 3 is 2.07 bits per heavy atom. The SMILES string of the molecule is CC(C)(C)SSOP(=N)(O)OP(=O)(O)O. The predicted molar refractivity (Wildman–Crippen MR) is 61.0 cm³/mol. The molecular weight excluding hydrogens is 284 g/mol. The molecule has 0 aliphatic carbocycles. The summed E-state index contributed by atoms with van der Waals surface area (Å²) in [4.78, 5) is 25.8. The van der Waals surface area contributed by atoms with Gasteiger partial charge in [0, 0.05) is 4.75 Å². The van der Waals surface area contributed by atoms with E-state index in [0.717, 1.165) is 0 Å². The van der Waals surface area contributed by atoms with Gasteiger partial charge in [0.1, 0.15) is 0 Å². The van der Waals surface area contributed by atoms with E-state index in [0.29, 0.717) is 11.1 Å². The number of rotatable bonds is 5. The van der Waals surface area contributed by atoms with E-state index in [1.807, 2.05) is 20.8 Å². The van der Waals surface area contributed by atoms with Gasteiger partial charge in [-0.2, -0.15) is 0 Å². The highest BCUT2D eigenvalue weighted by atomic mass is 33.1. The van der Waals surface area contributed by atoms with E-state index >= 15 is 0 Å². The molecule has 4 N–H and O–H groups in total. The Morgan fingerprint density at radius 1 is 1.27 bits per heavy atom. The third kappa shape index (κ3) is 11.2. The highest BCUT2D eigenvalue weighted by molar-refractivity contribution is 8.75. The van der Waals surface area contributed by atoms with Gasteiger partial charge in [0.15, 0.2) is 0 Å². The van der Waals surface area contributed by atoms with Crippen molar-refractivity contribution < 1.29 is 27.5 Å². The molecule has 0 fully saturated rings. The standard InChI is InChI=1S/C4H13NO6P2S2/c1-4(2,3)14-15-11-12(5,6)10-13(7,8)9/h1-3H3,(H2,5,6)(H2,7,8,9). The predicted octanol–water partition coefficient (Wildman–Crippen LogP) is 2.72. The van der Waals surface area contributed by atoms with Crippen molar-refractivity contribution in [2.45, 2.75) is 25.5 Å².